The molecule has 0 aliphatic rings. The summed E-state index contributed by atoms with van der Waals surface area (Å²) in [5.74, 6) is -0.191. The van der Waals surface area contributed by atoms with Gasteiger partial charge in [0.2, 0.25) is 5.13 Å². The van der Waals surface area contributed by atoms with Gasteiger partial charge < -0.3 is 18.9 Å². The number of esters is 2. The molecule has 0 fully saturated rings. The molecule has 32 heavy (non-hydrogen) atoms. The second kappa shape index (κ2) is 12.9. The third-order valence-electron chi connectivity index (χ3n) is 3.80. The number of ether oxygens (including phenoxy) is 4. The highest BCUT2D eigenvalue weighted by Crippen LogP contribution is 2.37. The number of benzene rings is 1. The number of thiazole rings is 1. The molecule has 2 rings (SSSR count). The first kappa shape index (κ1) is 25.4. The lowest BCUT2D eigenvalue weighted by atomic mass is 10.2. The lowest BCUT2D eigenvalue weighted by molar-refractivity contribution is -0.150. The number of halogens is 1. The Kier molecular flexibility index (Phi) is 10.2. The number of hydrogen-bond acceptors (Lipinski definition) is 10. The normalized spacial score (nSPS) is 11.8. The molecule has 1 N–H and O–H groups in total. The van der Waals surface area contributed by atoms with Crippen LogP contribution in [0.1, 0.15) is 39.0 Å². The van der Waals surface area contributed by atoms with Gasteiger partial charge in [0.25, 0.3) is 0 Å². The van der Waals surface area contributed by atoms with Crippen LogP contribution in [0.15, 0.2) is 22.6 Å². The average Bonchev–Trinajstić information content (AvgIpc) is 3.18. The minimum absolute atomic E-state index is 0.106. The van der Waals surface area contributed by atoms with E-state index in [9.17, 15) is 9.59 Å². The quantitative estimate of drug-likeness (QED) is 0.273. The van der Waals surface area contributed by atoms with Crippen molar-refractivity contribution >= 4 is 46.2 Å². The molecule has 0 amide bonds. The van der Waals surface area contributed by atoms with Crippen molar-refractivity contribution in [1.29, 1.82) is 0 Å². The van der Waals surface area contributed by atoms with Crippen molar-refractivity contribution < 1.29 is 28.5 Å². The highest BCUT2D eigenvalue weighted by Gasteiger charge is 2.21. The molecule has 2 aromatic rings. The molecule has 0 radical (unpaired) electrons. The van der Waals surface area contributed by atoms with Crippen LogP contribution in [0.4, 0.5) is 5.13 Å². The molecule has 0 spiro atoms. The number of nitrogens with one attached hydrogen (secondary N) is 1. The van der Waals surface area contributed by atoms with Gasteiger partial charge in [0.1, 0.15) is 0 Å². The smallest absolute Gasteiger partial charge is 0.347 e. The fraction of sp³-hybridized carbons (Fsp3) is 0.429. The molecule has 1 aromatic heterocycles. The van der Waals surface area contributed by atoms with Crippen LogP contribution in [-0.2, 0) is 25.5 Å². The Morgan fingerprint density at radius 2 is 1.97 bits per heavy atom. The largest absolute Gasteiger partial charge is 0.490 e. The Morgan fingerprint density at radius 3 is 2.66 bits per heavy atom. The lowest BCUT2D eigenvalue weighted by Crippen LogP contribution is -2.26. The molecule has 1 heterocycles. The summed E-state index contributed by atoms with van der Waals surface area (Å²) in [7, 11) is 0. The SMILES string of the molecule is CCOC(=O)Cc1csc(NN=Cc2cc(Cl)c(OC(C)C(=O)OCC)c(OCC)c2)n1. The number of nitrogens with zero attached hydrogens (tertiary/aromatic N) is 2. The molecule has 9 nitrogen and oxygen atoms in total. The van der Waals surface area contributed by atoms with E-state index in [1.807, 2.05) is 6.92 Å². The van der Waals surface area contributed by atoms with Gasteiger partial charge in [-0.25, -0.2) is 9.78 Å². The van der Waals surface area contributed by atoms with E-state index in [-0.39, 0.29) is 29.8 Å². The number of carbonyl (C=O) groups excluding carboxylic acids is 2. The maximum atomic E-state index is 11.9. The molecule has 0 bridgehead atoms. The van der Waals surface area contributed by atoms with Gasteiger partial charge in [0.05, 0.1) is 43.2 Å². The summed E-state index contributed by atoms with van der Waals surface area (Å²) in [6.07, 6.45) is 0.801. The predicted octanol–water partition coefficient (Wildman–Crippen LogP) is 4.08. The number of hydrogen-bond donors (Lipinski definition) is 1. The number of carbonyl (C=O) groups is 2. The van der Waals surface area contributed by atoms with Crippen LogP contribution in [0.3, 0.4) is 0 Å². The summed E-state index contributed by atoms with van der Waals surface area (Å²) in [5, 5.41) is 6.70. The molecular weight excluding hydrogens is 458 g/mol. The third-order valence-corrected chi connectivity index (χ3v) is 4.88. The van der Waals surface area contributed by atoms with Gasteiger partial charge in [0, 0.05) is 5.38 Å². The molecule has 1 unspecified atom stereocenters. The summed E-state index contributed by atoms with van der Waals surface area (Å²) < 4.78 is 21.2. The summed E-state index contributed by atoms with van der Waals surface area (Å²) in [6.45, 7) is 7.84. The summed E-state index contributed by atoms with van der Waals surface area (Å²) in [6, 6.07) is 3.33. The first-order valence-corrected chi connectivity index (χ1v) is 11.3. The summed E-state index contributed by atoms with van der Waals surface area (Å²) in [4.78, 5) is 27.7. The zero-order valence-corrected chi connectivity index (χ0v) is 19.9. The van der Waals surface area contributed by atoms with Gasteiger partial charge in [-0.1, -0.05) is 11.6 Å². The molecule has 1 atom stereocenters. The van der Waals surface area contributed by atoms with Crippen LogP contribution in [0.2, 0.25) is 5.02 Å². The fourth-order valence-corrected chi connectivity index (χ4v) is 3.41. The monoisotopic (exact) mass is 483 g/mol. The lowest BCUT2D eigenvalue weighted by Gasteiger charge is -2.18. The van der Waals surface area contributed by atoms with Crippen molar-refractivity contribution in [2.24, 2.45) is 5.10 Å². The Morgan fingerprint density at radius 1 is 1.22 bits per heavy atom. The number of aromatic nitrogens is 1. The van der Waals surface area contributed by atoms with E-state index in [1.54, 1.807) is 44.5 Å². The van der Waals surface area contributed by atoms with Gasteiger partial charge >= 0.3 is 11.9 Å². The zero-order chi connectivity index (χ0) is 23.5. The van der Waals surface area contributed by atoms with E-state index in [0.717, 1.165) is 0 Å². The second-order valence-corrected chi connectivity index (χ2v) is 7.54. The minimum Gasteiger partial charge on any atom is -0.490 e. The number of hydrazone groups is 1. The molecule has 0 saturated heterocycles. The highest BCUT2D eigenvalue weighted by atomic mass is 35.5. The summed E-state index contributed by atoms with van der Waals surface area (Å²) in [5.41, 5.74) is 4.06. The molecule has 1 aromatic carbocycles. The van der Waals surface area contributed by atoms with E-state index in [0.29, 0.717) is 35.4 Å². The average molecular weight is 484 g/mol. The van der Waals surface area contributed by atoms with Crippen molar-refractivity contribution in [2.75, 3.05) is 25.2 Å². The van der Waals surface area contributed by atoms with Gasteiger partial charge in [-0.2, -0.15) is 5.10 Å². The zero-order valence-electron chi connectivity index (χ0n) is 18.3. The van der Waals surface area contributed by atoms with Gasteiger partial charge in [-0.3, -0.25) is 10.2 Å². The van der Waals surface area contributed by atoms with Gasteiger partial charge in [0.15, 0.2) is 17.6 Å². The Balaban J connectivity index is 2.08. The molecule has 0 saturated carbocycles. The van der Waals surface area contributed by atoms with E-state index < -0.39 is 12.1 Å². The predicted molar refractivity (Wildman–Crippen MR) is 123 cm³/mol. The highest BCUT2D eigenvalue weighted by molar-refractivity contribution is 7.13. The molecule has 0 aliphatic heterocycles. The second-order valence-electron chi connectivity index (χ2n) is 6.27. The van der Waals surface area contributed by atoms with Crippen molar-refractivity contribution in [3.8, 4) is 11.5 Å². The molecule has 11 heteroatoms. The molecular formula is C21H26ClN3O6S. The van der Waals surface area contributed by atoms with Gasteiger partial charge in [-0.15, -0.1) is 11.3 Å². The first-order chi connectivity index (χ1) is 15.4. The Hall–Kier alpha value is -2.85. The molecule has 174 valence electrons. The Bertz CT molecular complexity index is 950. The molecule has 0 aliphatic carbocycles. The summed E-state index contributed by atoms with van der Waals surface area (Å²) >= 11 is 7.69. The van der Waals surface area contributed by atoms with Crippen LogP contribution < -0.4 is 14.9 Å². The topological polar surface area (TPSA) is 108 Å². The van der Waals surface area contributed by atoms with Crippen LogP contribution >= 0.6 is 22.9 Å². The first-order valence-electron chi connectivity index (χ1n) is 10.1. The number of anilines is 1. The van der Waals surface area contributed by atoms with E-state index in [2.05, 4.69) is 15.5 Å². The number of rotatable bonds is 12. The Labute approximate surface area is 195 Å². The van der Waals surface area contributed by atoms with Crippen molar-refractivity contribution in [3.05, 3.63) is 33.8 Å². The van der Waals surface area contributed by atoms with Crippen LogP contribution in [0, 0.1) is 0 Å². The van der Waals surface area contributed by atoms with Crippen LogP contribution in [0.5, 0.6) is 11.5 Å². The van der Waals surface area contributed by atoms with E-state index >= 15 is 0 Å². The maximum absolute atomic E-state index is 11.9. The minimum atomic E-state index is -0.846. The maximum Gasteiger partial charge on any atom is 0.347 e. The van der Waals surface area contributed by atoms with Crippen molar-refractivity contribution in [3.63, 3.8) is 0 Å². The van der Waals surface area contributed by atoms with Crippen LogP contribution in [0.25, 0.3) is 0 Å². The van der Waals surface area contributed by atoms with Crippen molar-refractivity contribution in [2.45, 2.75) is 40.2 Å². The standard InChI is InChI=1S/C21H26ClN3O6S/c1-5-28-17-9-14(8-16(22)19(17)31-13(4)20(27)30-7-3)11-23-25-21-24-15(12-32-21)10-18(26)29-6-2/h8-9,11-13H,5-7,10H2,1-4H3,(H,24,25). The van der Waals surface area contributed by atoms with Crippen molar-refractivity contribution in [1.82, 2.24) is 4.98 Å². The fourth-order valence-electron chi connectivity index (χ4n) is 2.49. The van der Waals surface area contributed by atoms with Gasteiger partial charge in [-0.05, 0) is 45.4 Å². The van der Waals surface area contributed by atoms with E-state index in [4.69, 9.17) is 30.5 Å². The van der Waals surface area contributed by atoms with Crippen LogP contribution in [-0.4, -0.2) is 49.1 Å². The third kappa shape index (κ3) is 7.69. The van der Waals surface area contributed by atoms with E-state index in [1.165, 1.54) is 11.3 Å².